The number of benzene rings is 1. The van der Waals surface area contributed by atoms with E-state index in [1.807, 2.05) is 30.3 Å². The third-order valence-corrected chi connectivity index (χ3v) is 4.60. The van der Waals surface area contributed by atoms with Crippen LogP contribution in [0, 0.1) is 0 Å². The number of anilines is 1. The van der Waals surface area contributed by atoms with Gasteiger partial charge in [0.1, 0.15) is 12.5 Å². The summed E-state index contributed by atoms with van der Waals surface area (Å²) >= 11 is 0. The highest BCUT2D eigenvalue weighted by Crippen LogP contribution is 2.21. The Morgan fingerprint density at radius 1 is 1.15 bits per heavy atom. The predicted octanol–water partition coefficient (Wildman–Crippen LogP) is 3.10. The molecule has 2 N–H and O–H groups in total. The van der Waals surface area contributed by atoms with E-state index in [1.165, 1.54) is 0 Å². The molecule has 4 rings (SSSR count). The topological polar surface area (TPSA) is 105 Å². The number of piperidine rings is 1. The van der Waals surface area contributed by atoms with Gasteiger partial charge in [-0.2, -0.15) is 4.98 Å². The fourth-order valence-corrected chi connectivity index (χ4v) is 3.17. The van der Waals surface area contributed by atoms with Gasteiger partial charge in [0.15, 0.2) is 5.69 Å². The van der Waals surface area contributed by atoms with Gasteiger partial charge in [-0.1, -0.05) is 18.2 Å². The number of likely N-dealkylation sites (tertiary alicyclic amines) is 1. The van der Waals surface area contributed by atoms with E-state index in [1.54, 1.807) is 6.26 Å². The van der Waals surface area contributed by atoms with Crippen LogP contribution in [0.3, 0.4) is 0 Å². The van der Waals surface area contributed by atoms with E-state index in [0.29, 0.717) is 5.89 Å². The normalized spacial score (nSPS) is 15.7. The van der Waals surface area contributed by atoms with Crippen LogP contribution in [-0.4, -0.2) is 45.1 Å². The van der Waals surface area contributed by atoms with Crippen LogP contribution in [0.15, 0.2) is 51.7 Å². The van der Waals surface area contributed by atoms with Crippen molar-refractivity contribution in [1.29, 1.82) is 0 Å². The largest absolute Gasteiger partial charge is 0.476 e. The molecule has 27 heavy (non-hydrogen) atoms. The van der Waals surface area contributed by atoms with Crippen molar-refractivity contribution in [2.45, 2.75) is 25.4 Å². The molecule has 1 fully saturated rings. The van der Waals surface area contributed by atoms with Crippen molar-refractivity contribution in [2.24, 2.45) is 0 Å². The van der Waals surface area contributed by atoms with E-state index >= 15 is 0 Å². The Bertz CT molecular complexity index is 897. The first-order valence-corrected chi connectivity index (χ1v) is 8.85. The minimum Gasteiger partial charge on any atom is -0.476 e. The second-order valence-corrected chi connectivity index (χ2v) is 6.55. The van der Waals surface area contributed by atoms with E-state index in [4.69, 9.17) is 13.9 Å². The number of hydrogen-bond donors (Lipinski definition) is 2. The lowest BCUT2D eigenvalue weighted by atomic mass is 10.1. The van der Waals surface area contributed by atoms with Crippen molar-refractivity contribution in [3.8, 4) is 11.5 Å². The predicted molar refractivity (Wildman–Crippen MR) is 97.3 cm³/mol. The quantitative estimate of drug-likeness (QED) is 0.684. The fourth-order valence-electron chi connectivity index (χ4n) is 3.17. The maximum Gasteiger partial charge on any atom is 0.357 e. The molecule has 0 bridgehead atoms. The Hall–Kier alpha value is -3.13. The molecule has 0 spiro atoms. The molecule has 0 amide bonds. The molecule has 140 valence electrons. The zero-order valence-corrected chi connectivity index (χ0v) is 14.7. The third kappa shape index (κ3) is 4.17. The number of nitrogens with zero attached hydrogens (tertiary/aromatic N) is 3. The second kappa shape index (κ2) is 7.63. The Labute approximate surface area is 155 Å². The van der Waals surface area contributed by atoms with Gasteiger partial charge in [-0.15, -0.1) is 0 Å². The summed E-state index contributed by atoms with van der Waals surface area (Å²) < 4.78 is 10.8. The summed E-state index contributed by atoms with van der Waals surface area (Å²) in [6, 6.07) is 10.3. The van der Waals surface area contributed by atoms with Crippen LogP contribution in [-0.2, 0) is 6.54 Å². The summed E-state index contributed by atoms with van der Waals surface area (Å²) in [6.07, 6.45) is 4.68. The number of rotatable bonds is 6. The molecule has 0 saturated carbocycles. The summed E-state index contributed by atoms with van der Waals surface area (Å²) in [4.78, 5) is 21.7. The summed E-state index contributed by atoms with van der Waals surface area (Å²) in [7, 11) is 0. The number of carboxylic acids is 1. The van der Waals surface area contributed by atoms with Gasteiger partial charge in [0.25, 0.3) is 6.01 Å². The van der Waals surface area contributed by atoms with Gasteiger partial charge in [0.2, 0.25) is 5.89 Å². The van der Waals surface area contributed by atoms with Gasteiger partial charge >= 0.3 is 5.97 Å². The van der Waals surface area contributed by atoms with Crippen LogP contribution in [0.1, 0.15) is 29.0 Å². The minimum atomic E-state index is -1.09. The number of aromatic carboxylic acids is 1. The summed E-state index contributed by atoms with van der Waals surface area (Å²) in [5.41, 5.74) is 1.80. The van der Waals surface area contributed by atoms with Crippen molar-refractivity contribution in [3.05, 3.63) is 54.2 Å². The fraction of sp³-hybridized carbons (Fsp3) is 0.316. The number of hydrogen-bond acceptors (Lipinski definition) is 7. The molecule has 0 atom stereocenters. The smallest absolute Gasteiger partial charge is 0.357 e. The molecule has 2 aromatic heterocycles. The van der Waals surface area contributed by atoms with Gasteiger partial charge < -0.3 is 19.3 Å². The van der Waals surface area contributed by atoms with E-state index in [2.05, 4.69) is 20.2 Å². The van der Waals surface area contributed by atoms with Crippen LogP contribution in [0.2, 0.25) is 0 Å². The van der Waals surface area contributed by atoms with Crippen molar-refractivity contribution in [1.82, 2.24) is 14.9 Å². The Morgan fingerprint density at radius 3 is 2.63 bits per heavy atom. The third-order valence-electron chi connectivity index (χ3n) is 4.60. The van der Waals surface area contributed by atoms with Crippen LogP contribution in [0.4, 0.5) is 6.01 Å². The average Bonchev–Trinajstić information content (AvgIpc) is 3.34. The molecule has 3 aromatic rings. The molecule has 8 heteroatoms. The van der Waals surface area contributed by atoms with E-state index in [0.717, 1.165) is 50.0 Å². The lowest BCUT2D eigenvalue weighted by Gasteiger charge is -2.31. The summed E-state index contributed by atoms with van der Waals surface area (Å²) in [5, 5.41) is 12.0. The molecule has 0 aliphatic carbocycles. The highest BCUT2D eigenvalue weighted by atomic mass is 16.4. The van der Waals surface area contributed by atoms with Gasteiger partial charge in [-0.05, 0) is 25.0 Å². The molecule has 1 aromatic carbocycles. The number of oxazole rings is 2. The highest BCUT2D eigenvalue weighted by Gasteiger charge is 2.22. The number of aromatic nitrogens is 2. The molecule has 1 saturated heterocycles. The van der Waals surface area contributed by atoms with Crippen LogP contribution >= 0.6 is 0 Å². The first kappa shape index (κ1) is 17.3. The van der Waals surface area contributed by atoms with Crippen LogP contribution in [0.5, 0.6) is 0 Å². The molecule has 1 aliphatic rings. The molecule has 8 nitrogen and oxygen atoms in total. The highest BCUT2D eigenvalue weighted by molar-refractivity contribution is 5.85. The maximum absolute atomic E-state index is 10.8. The van der Waals surface area contributed by atoms with Gasteiger partial charge in [-0.25, -0.2) is 9.78 Å². The molecular weight excluding hydrogens is 348 g/mol. The van der Waals surface area contributed by atoms with Crippen molar-refractivity contribution in [2.75, 3.05) is 18.4 Å². The van der Waals surface area contributed by atoms with Crippen molar-refractivity contribution >= 4 is 12.0 Å². The Balaban J connectivity index is 1.28. The number of carboxylic acid groups (broad SMARTS) is 1. The van der Waals surface area contributed by atoms with Crippen molar-refractivity contribution < 1.29 is 18.7 Å². The first-order chi connectivity index (χ1) is 13.2. The minimum absolute atomic E-state index is 0.0878. The number of carbonyl (C=O) groups is 1. The zero-order chi connectivity index (χ0) is 18.6. The van der Waals surface area contributed by atoms with E-state index in [-0.39, 0.29) is 17.8 Å². The Kier molecular flexibility index (Phi) is 4.88. The van der Waals surface area contributed by atoms with E-state index < -0.39 is 5.97 Å². The standard InChI is InChI=1S/C19H20N4O4/c24-18(25)16-12-27-19(22-16)21-14-6-8-23(9-7-14)10-15-11-26-17(20-15)13-4-2-1-3-5-13/h1-5,11-12,14H,6-10H2,(H,21,22)(H,24,25). The molecular formula is C19H20N4O4. The lowest BCUT2D eigenvalue weighted by Crippen LogP contribution is -2.38. The van der Waals surface area contributed by atoms with Gasteiger partial charge in [0.05, 0.1) is 5.69 Å². The van der Waals surface area contributed by atoms with E-state index in [9.17, 15) is 4.79 Å². The summed E-state index contributed by atoms with van der Waals surface area (Å²) in [5.74, 6) is -0.454. The van der Waals surface area contributed by atoms with Gasteiger partial charge in [-0.3, -0.25) is 4.90 Å². The summed E-state index contributed by atoms with van der Waals surface area (Å²) in [6.45, 7) is 2.54. The second-order valence-electron chi connectivity index (χ2n) is 6.55. The van der Waals surface area contributed by atoms with Gasteiger partial charge in [0, 0.05) is 31.2 Å². The maximum atomic E-state index is 10.8. The molecule has 0 unspecified atom stereocenters. The number of nitrogens with one attached hydrogen (secondary N) is 1. The molecule has 1 aliphatic heterocycles. The van der Waals surface area contributed by atoms with Crippen LogP contribution < -0.4 is 5.32 Å². The monoisotopic (exact) mass is 368 g/mol. The zero-order valence-electron chi connectivity index (χ0n) is 14.7. The molecule has 3 heterocycles. The van der Waals surface area contributed by atoms with Crippen molar-refractivity contribution in [3.63, 3.8) is 0 Å². The first-order valence-electron chi connectivity index (χ1n) is 8.85. The SMILES string of the molecule is O=C(O)c1coc(NC2CCN(Cc3coc(-c4ccccc4)n3)CC2)n1. The average molecular weight is 368 g/mol. The molecule has 0 radical (unpaired) electrons. The lowest BCUT2D eigenvalue weighted by molar-refractivity contribution is 0.0690. The van der Waals surface area contributed by atoms with Crippen LogP contribution in [0.25, 0.3) is 11.5 Å². The Morgan fingerprint density at radius 2 is 1.93 bits per heavy atom.